The van der Waals surface area contributed by atoms with E-state index in [1.807, 2.05) is 11.3 Å². The molecule has 2 heterocycles. The van der Waals surface area contributed by atoms with Crippen LogP contribution >= 0.6 is 27.3 Å². The molecule has 1 aromatic heterocycles. The lowest BCUT2D eigenvalue weighted by atomic mass is 9.82. The Morgan fingerprint density at radius 2 is 2.24 bits per heavy atom. The van der Waals surface area contributed by atoms with Gasteiger partial charge in [0.25, 0.3) is 0 Å². The fraction of sp³-hybridized carbons (Fsp3) is 0.692. The van der Waals surface area contributed by atoms with Gasteiger partial charge in [-0.3, -0.25) is 0 Å². The van der Waals surface area contributed by atoms with Gasteiger partial charge in [0.1, 0.15) is 0 Å². The first-order valence-corrected chi connectivity index (χ1v) is 8.09. The van der Waals surface area contributed by atoms with Crippen molar-refractivity contribution in [1.82, 2.24) is 4.90 Å². The normalized spacial score (nSPS) is 19.7. The lowest BCUT2D eigenvalue weighted by Crippen LogP contribution is -2.41. The van der Waals surface area contributed by atoms with E-state index in [0.29, 0.717) is 5.41 Å². The van der Waals surface area contributed by atoms with Gasteiger partial charge in [-0.1, -0.05) is 22.0 Å². The van der Waals surface area contributed by atoms with E-state index in [9.17, 15) is 0 Å². The summed E-state index contributed by atoms with van der Waals surface area (Å²) in [5, 5.41) is 3.23. The Kier molecular flexibility index (Phi) is 5.03. The van der Waals surface area contributed by atoms with E-state index in [1.54, 1.807) is 0 Å². The molecule has 1 aliphatic heterocycles. The Labute approximate surface area is 116 Å². The Balaban J connectivity index is 1.89. The average molecular weight is 318 g/mol. The molecule has 4 heteroatoms. The van der Waals surface area contributed by atoms with E-state index in [4.69, 9.17) is 4.74 Å². The van der Waals surface area contributed by atoms with Gasteiger partial charge >= 0.3 is 0 Å². The van der Waals surface area contributed by atoms with E-state index >= 15 is 0 Å². The smallest absolute Gasteiger partial charge is 0.0472 e. The predicted octanol–water partition coefficient (Wildman–Crippen LogP) is 3.37. The molecule has 17 heavy (non-hydrogen) atoms. The minimum absolute atomic E-state index is 0.407. The van der Waals surface area contributed by atoms with Crippen LogP contribution in [0.25, 0.3) is 0 Å². The van der Waals surface area contributed by atoms with Crippen LogP contribution in [-0.2, 0) is 11.3 Å². The second-order valence-corrected chi connectivity index (χ2v) is 6.59. The molecule has 0 aliphatic carbocycles. The molecule has 0 saturated carbocycles. The van der Waals surface area contributed by atoms with Gasteiger partial charge in [-0.15, -0.1) is 11.3 Å². The quantitative estimate of drug-likeness (QED) is 0.772. The molecule has 0 amide bonds. The van der Waals surface area contributed by atoms with Crippen molar-refractivity contribution in [3.05, 3.63) is 22.4 Å². The third-order valence-electron chi connectivity index (χ3n) is 3.45. The SMILES string of the molecule is CN(Cc1cccs1)CC1(CBr)CCOCC1. The second-order valence-electron chi connectivity index (χ2n) is 5.00. The highest BCUT2D eigenvalue weighted by atomic mass is 79.9. The van der Waals surface area contributed by atoms with Crippen molar-refractivity contribution in [2.24, 2.45) is 5.41 Å². The van der Waals surface area contributed by atoms with Crippen LogP contribution in [-0.4, -0.2) is 37.0 Å². The van der Waals surface area contributed by atoms with E-state index < -0.39 is 0 Å². The predicted molar refractivity (Wildman–Crippen MR) is 76.9 cm³/mol. The Hall–Kier alpha value is 0.1000. The van der Waals surface area contributed by atoms with Crippen molar-refractivity contribution < 1.29 is 4.74 Å². The van der Waals surface area contributed by atoms with Crippen LogP contribution < -0.4 is 0 Å². The standard InChI is InChI=1S/C13H20BrNOS/c1-15(9-12-3-2-8-17-12)11-13(10-14)4-6-16-7-5-13/h2-3,8H,4-7,9-11H2,1H3. The third kappa shape index (κ3) is 3.78. The number of rotatable bonds is 5. The molecule has 2 nitrogen and oxygen atoms in total. The highest BCUT2D eigenvalue weighted by Crippen LogP contribution is 2.33. The molecule has 2 rings (SSSR count). The van der Waals surface area contributed by atoms with Gasteiger partial charge in [-0.25, -0.2) is 0 Å². The lowest BCUT2D eigenvalue weighted by molar-refractivity contribution is 0.0111. The zero-order valence-corrected chi connectivity index (χ0v) is 12.7. The van der Waals surface area contributed by atoms with Crippen LogP contribution in [0.5, 0.6) is 0 Å². The molecule has 0 aromatic carbocycles. The fourth-order valence-electron chi connectivity index (χ4n) is 2.44. The van der Waals surface area contributed by atoms with Crippen molar-refractivity contribution in [3.63, 3.8) is 0 Å². The van der Waals surface area contributed by atoms with Crippen molar-refractivity contribution in [2.75, 3.05) is 32.1 Å². The van der Waals surface area contributed by atoms with E-state index in [1.165, 1.54) is 17.7 Å². The summed E-state index contributed by atoms with van der Waals surface area (Å²) >= 11 is 5.54. The zero-order chi connectivity index (χ0) is 12.1. The van der Waals surface area contributed by atoms with Crippen molar-refractivity contribution in [1.29, 1.82) is 0 Å². The molecule has 0 atom stereocenters. The highest BCUT2D eigenvalue weighted by Gasteiger charge is 2.32. The highest BCUT2D eigenvalue weighted by molar-refractivity contribution is 9.09. The molecule has 0 unspecified atom stereocenters. The molecular formula is C13H20BrNOS. The first-order valence-electron chi connectivity index (χ1n) is 6.09. The molecule has 1 fully saturated rings. The summed E-state index contributed by atoms with van der Waals surface area (Å²) in [6.45, 7) is 4.05. The van der Waals surface area contributed by atoms with Gasteiger partial charge in [-0.2, -0.15) is 0 Å². The molecule has 0 bridgehead atoms. The molecular weight excluding hydrogens is 298 g/mol. The zero-order valence-electron chi connectivity index (χ0n) is 10.3. The Morgan fingerprint density at radius 1 is 1.47 bits per heavy atom. The van der Waals surface area contributed by atoms with Crippen molar-refractivity contribution >= 4 is 27.3 Å². The summed E-state index contributed by atoms with van der Waals surface area (Å²) in [6, 6.07) is 4.34. The van der Waals surface area contributed by atoms with Crippen LogP contribution in [0.4, 0.5) is 0 Å². The molecule has 1 aliphatic rings. The second kappa shape index (κ2) is 6.32. The van der Waals surface area contributed by atoms with Crippen molar-refractivity contribution in [3.8, 4) is 0 Å². The molecule has 96 valence electrons. The number of hydrogen-bond donors (Lipinski definition) is 0. The number of nitrogens with zero attached hydrogens (tertiary/aromatic N) is 1. The van der Waals surface area contributed by atoms with Crippen LogP contribution in [0.15, 0.2) is 17.5 Å². The van der Waals surface area contributed by atoms with E-state index in [-0.39, 0.29) is 0 Å². The molecule has 1 saturated heterocycles. The van der Waals surface area contributed by atoms with Crippen molar-refractivity contribution in [2.45, 2.75) is 19.4 Å². The summed E-state index contributed by atoms with van der Waals surface area (Å²) in [5.41, 5.74) is 0.407. The monoisotopic (exact) mass is 317 g/mol. The van der Waals surface area contributed by atoms with Crippen LogP contribution in [0.3, 0.4) is 0 Å². The maximum absolute atomic E-state index is 5.48. The summed E-state index contributed by atoms with van der Waals surface area (Å²) < 4.78 is 5.48. The number of hydrogen-bond acceptors (Lipinski definition) is 3. The van der Waals surface area contributed by atoms with Gasteiger partial charge in [0.05, 0.1) is 0 Å². The Morgan fingerprint density at radius 3 is 2.82 bits per heavy atom. The van der Waals surface area contributed by atoms with E-state index in [0.717, 1.165) is 31.6 Å². The topological polar surface area (TPSA) is 12.5 Å². The number of ether oxygens (including phenoxy) is 1. The first kappa shape index (κ1) is 13.5. The van der Waals surface area contributed by atoms with Gasteiger partial charge in [0.15, 0.2) is 0 Å². The van der Waals surface area contributed by atoms with Gasteiger partial charge in [0.2, 0.25) is 0 Å². The largest absolute Gasteiger partial charge is 0.381 e. The molecule has 1 aromatic rings. The summed E-state index contributed by atoms with van der Waals surface area (Å²) in [6.07, 6.45) is 2.35. The molecule has 0 spiro atoms. The minimum Gasteiger partial charge on any atom is -0.381 e. The van der Waals surface area contributed by atoms with Crippen LogP contribution in [0.2, 0.25) is 0 Å². The summed E-state index contributed by atoms with van der Waals surface area (Å²) in [4.78, 5) is 3.89. The maximum Gasteiger partial charge on any atom is 0.0472 e. The summed E-state index contributed by atoms with van der Waals surface area (Å²) in [7, 11) is 2.22. The van der Waals surface area contributed by atoms with Crippen LogP contribution in [0.1, 0.15) is 17.7 Å². The third-order valence-corrected chi connectivity index (χ3v) is 5.50. The van der Waals surface area contributed by atoms with E-state index in [2.05, 4.69) is 45.4 Å². The van der Waals surface area contributed by atoms with Gasteiger partial charge in [0, 0.05) is 36.5 Å². The summed E-state index contributed by atoms with van der Waals surface area (Å²) in [5.74, 6) is 0. The van der Waals surface area contributed by atoms with Gasteiger partial charge in [-0.05, 0) is 36.8 Å². The Bertz CT molecular complexity index is 322. The number of halogens is 1. The maximum atomic E-state index is 5.48. The lowest BCUT2D eigenvalue weighted by Gasteiger charge is -2.38. The average Bonchev–Trinajstić information content (AvgIpc) is 2.83. The number of thiophene rings is 1. The van der Waals surface area contributed by atoms with Gasteiger partial charge < -0.3 is 9.64 Å². The van der Waals surface area contributed by atoms with Crippen LogP contribution in [0, 0.1) is 5.41 Å². The number of alkyl halides is 1. The minimum atomic E-state index is 0.407. The molecule has 0 N–H and O–H groups in total. The molecule has 0 radical (unpaired) electrons. The fourth-order valence-corrected chi connectivity index (χ4v) is 3.96. The first-order chi connectivity index (χ1) is 8.24.